The molecule has 14 nitrogen and oxygen atoms in total. The fourth-order valence-electron chi connectivity index (χ4n) is 6.15. The van der Waals surface area contributed by atoms with E-state index in [1.54, 1.807) is 21.5 Å². The number of hydrogen-bond acceptors (Lipinski definition) is 8. The number of allylic oxidation sites excluding steroid dienone is 1. The molecule has 0 fully saturated rings. The van der Waals surface area contributed by atoms with Crippen molar-refractivity contribution >= 4 is 56.7 Å². The summed E-state index contributed by atoms with van der Waals surface area (Å²) in [7, 11) is 0. The molecule has 0 unspecified atom stereocenters. The maximum atomic E-state index is 11.5. The molecule has 4 heterocycles. The van der Waals surface area contributed by atoms with Crippen LogP contribution in [0.25, 0.3) is 44.3 Å². The summed E-state index contributed by atoms with van der Waals surface area (Å²) in [6.07, 6.45) is 1.37. The Kier molecular flexibility index (Phi) is 14.5. The molecule has 0 atom stereocenters. The highest BCUT2D eigenvalue weighted by Gasteiger charge is 2.39. The number of aromatic nitrogens is 4. The molecule has 20 heteroatoms. The Bertz CT molecular complexity index is 2450. The first kappa shape index (κ1) is 45.6. The third-order valence-corrected chi connectivity index (χ3v) is 9.16. The summed E-state index contributed by atoms with van der Waals surface area (Å²) >= 11 is 0. The van der Waals surface area contributed by atoms with E-state index in [1.807, 2.05) is 60.9 Å². The summed E-state index contributed by atoms with van der Waals surface area (Å²) in [5.74, 6) is -6.43. The molecule has 2 aromatic heterocycles. The van der Waals surface area contributed by atoms with E-state index in [1.165, 1.54) is 22.3 Å². The van der Waals surface area contributed by atoms with Crippen molar-refractivity contribution in [3.05, 3.63) is 132 Å². The zero-order chi connectivity index (χ0) is 45.2. The number of nitrogens with zero attached hydrogens (tertiary/aromatic N) is 4. The number of nitrogens with two attached hydrogens (primary N) is 2. The molecule has 8 N–H and O–H groups in total. The molecule has 2 aliphatic heterocycles. The lowest BCUT2D eigenvalue weighted by atomic mass is 10.00. The van der Waals surface area contributed by atoms with Crippen molar-refractivity contribution in [2.24, 2.45) is 11.5 Å². The number of carboxylic acids is 2. The number of primary amides is 2. The lowest BCUT2D eigenvalue weighted by Crippen LogP contribution is -2.21. The standard InChI is InChI=1S/2C19H18N4O.2C2HF3O2/c2*20-19(24)17-5-1-3-15-12-23(22-18(15)17)16-8-6-13(7-9-16)14-4-2-10-21-11-14;2*3-2(4,5)1(6)7/h1,3,5-9,11-12,21H,2,4,10H2,(H2,20,24);1,3-9,12,21H,2,10-11H2,(H2,20,24);2*(H,6,7). The first-order valence-electron chi connectivity index (χ1n) is 18.5. The quantitative estimate of drug-likeness (QED) is 0.0983. The Labute approximate surface area is 348 Å². The number of rotatable bonds is 6. The van der Waals surface area contributed by atoms with Crippen LogP contribution in [0.2, 0.25) is 0 Å². The molecule has 2 amide bonds. The van der Waals surface area contributed by atoms with Crippen LogP contribution in [0.15, 0.2) is 110 Å². The van der Waals surface area contributed by atoms with Crippen LogP contribution in [0.1, 0.15) is 51.1 Å². The molecule has 6 aromatic rings. The van der Waals surface area contributed by atoms with Crippen molar-refractivity contribution in [2.45, 2.75) is 31.6 Å². The average Bonchev–Trinajstić information content (AvgIpc) is 3.90. The van der Waals surface area contributed by atoms with Gasteiger partial charge in [-0.3, -0.25) is 9.59 Å². The van der Waals surface area contributed by atoms with Gasteiger partial charge in [-0.2, -0.15) is 36.5 Å². The second-order valence-electron chi connectivity index (χ2n) is 13.5. The largest absolute Gasteiger partial charge is 0.490 e. The number of amides is 2. The first-order valence-corrected chi connectivity index (χ1v) is 18.5. The zero-order valence-electron chi connectivity index (χ0n) is 32.4. The minimum absolute atomic E-state index is 0.446. The van der Waals surface area contributed by atoms with Gasteiger partial charge in [-0.1, -0.05) is 54.6 Å². The van der Waals surface area contributed by atoms with E-state index in [2.05, 4.69) is 57.4 Å². The fourth-order valence-corrected chi connectivity index (χ4v) is 6.15. The van der Waals surface area contributed by atoms with Crippen LogP contribution in [0.5, 0.6) is 0 Å². The van der Waals surface area contributed by atoms with Crippen LogP contribution >= 0.6 is 0 Å². The van der Waals surface area contributed by atoms with Gasteiger partial charge < -0.3 is 32.3 Å². The molecule has 62 heavy (non-hydrogen) atoms. The lowest BCUT2D eigenvalue weighted by molar-refractivity contribution is -0.193. The van der Waals surface area contributed by atoms with Gasteiger partial charge in [-0.15, -0.1) is 0 Å². The molecule has 0 aliphatic carbocycles. The Morgan fingerprint density at radius 1 is 0.629 bits per heavy atom. The fraction of sp³-hybridized carbons (Fsp3) is 0.190. The normalized spacial score (nSPS) is 13.7. The van der Waals surface area contributed by atoms with Gasteiger partial charge in [0.25, 0.3) is 11.8 Å². The molecule has 0 radical (unpaired) electrons. The van der Waals surface area contributed by atoms with Crippen molar-refractivity contribution in [2.75, 3.05) is 19.6 Å². The van der Waals surface area contributed by atoms with E-state index in [9.17, 15) is 35.9 Å². The maximum Gasteiger partial charge on any atom is 0.490 e. The summed E-state index contributed by atoms with van der Waals surface area (Å²) in [6.45, 7) is 3.00. The topological polar surface area (TPSA) is 220 Å². The molecule has 4 aromatic carbocycles. The molecule has 0 saturated heterocycles. The number of aliphatic carboxylic acids is 2. The maximum absolute atomic E-state index is 11.5. The number of carboxylic acid groups (broad SMARTS) is 2. The van der Waals surface area contributed by atoms with Crippen LogP contribution in [-0.2, 0) is 9.59 Å². The molecule has 8 rings (SSSR count). The molecular formula is C42H38F6N8O6. The summed E-state index contributed by atoms with van der Waals surface area (Å²) in [4.78, 5) is 40.9. The second kappa shape index (κ2) is 19.7. The van der Waals surface area contributed by atoms with Crippen LogP contribution in [0.4, 0.5) is 26.3 Å². The van der Waals surface area contributed by atoms with E-state index in [0.717, 1.165) is 61.0 Å². The summed E-state index contributed by atoms with van der Waals surface area (Å²) < 4.78 is 67.0. The first-order chi connectivity index (χ1) is 29.3. The third kappa shape index (κ3) is 11.8. The molecular weight excluding hydrogens is 827 g/mol. The van der Waals surface area contributed by atoms with Gasteiger partial charge in [0.2, 0.25) is 0 Å². The second-order valence-corrected chi connectivity index (χ2v) is 13.5. The number of halogens is 6. The van der Waals surface area contributed by atoms with Crippen LogP contribution < -0.4 is 22.1 Å². The molecule has 2 aliphatic rings. The number of hydrogen-bond donors (Lipinski definition) is 6. The Morgan fingerprint density at radius 3 is 1.42 bits per heavy atom. The molecule has 0 spiro atoms. The Balaban J connectivity index is 0.000000180. The summed E-state index contributed by atoms with van der Waals surface area (Å²) in [5.41, 5.74) is 20.0. The predicted molar refractivity (Wildman–Crippen MR) is 217 cm³/mol. The van der Waals surface area contributed by atoms with Crippen molar-refractivity contribution in [1.29, 1.82) is 0 Å². The number of carbonyl (C=O) groups is 4. The van der Waals surface area contributed by atoms with Crippen LogP contribution in [-0.4, -0.2) is 85.5 Å². The SMILES string of the molecule is NC(=O)c1cccc2cn(-c3ccc(C4=CCCNC4)cc3)nc12.NC(=O)c1cccc2cn(-c3ccc(C4=CNCCC4)cc3)nc12.O=C(O)C(F)(F)F.O=C(O)C(F)(F)F. The third-order valence-electron chi connectivity index (χ3n) is 9.16. The highest BCUT2D eigenvalue weighted by molar-refractivity contribution is 6.05. The summed E-state index contributed by atoms with van der Waals surface area (Å²) in [6, 6.07) is 27.5. The smallest absolute Gasteiger partial charge is 0.475 e. The van der Waals surface area contributed by atoms with Crippen molar-refractivity contribution in [1.82, 2.24) is 30.2 Å². The number of carbonyl (C=O) groups excluding carboxylic acids is 2. The van der Waals surface area contributed by atoms with Gasteiger partial charge in [0.1, 0.15) is 11.0 Å². The molecule has 0 saturated carbocycles. The molecule has 0 bridgehead atoms. The minimum atomic E-state index is -5.08. The van der Waals surface area contributed by atoms with Gasteiger partial charge in [0.05, 0.1) is 22.5 Å². The van der Waals surface area contributed by atoms with Gasteiger partial charge in [-0.05, 0) is 84.5 Å². The van der Waals surface area contributed by atoms with Crippen molar-refractivity contribution in [3.8, 4) is 11.4 Å². The van der Waals surface area contributed by atoms with Gasteiger partial charge >= 0.3 is 24.3 Å². The van der Waals surface area contributed by atoms with E-state index in [-0.39, 0.29) is 0 Å². The van der Waals surface area contributed by atoms with Crippen LogP contribution in [0.3, 0.4) is 0 Å². The van der Waals surface area contributed by atoms with E-state index in [4.69, 9.17) is 31.3 Å². The van der Waals surface area contributed by atoms with Gasteiger partial charge in [-0.25, -0.2) is 19.0 Å². The van der Waals surface area contributed by atoms with E-state index in [0.29, 0.717) is 22.2 Å². The van der Waals surface area contributed by atoms with Crippen molar-refractivity contribution in [3.63, 3.8) is 0 Å². The number of fused-ring (bicyclic) bond motifs is 2. The number of benzene rings is 4. The Hall–Kier alpha value is -7.48. The lowest BCUT2D eigenvalue weighted by Gasteiger charge is -2.14. The van der Waals surface area contributed by atoms with E-state index < -0.39 is 36.1 Å². The zero-order valence-corrected chi connectivity index (χ0v) is 32.4. The highest BCUT2D eigenvalue weighted by Crippen LogP contribution is 2.25. The monoisotopic (exact) mass is 864 g/mol. The highest BCUT2D eigenvalue weighted by atomic mass is 19.4. The predicted octanol–water partition coefficient (Wildman–Crippen LogP) is 6.62. The molecule has 324 valence electrons. The van der Waals surface area contributed by atoms with E-state index >= 15 is 0 Å². The minimum Gasteiger partial charge on any atom is -0.475 e. The Morgan fingerprint density at radius 2 is 1.06 bits per heavy atom. The number of alkyl halides is 6. The number of nitrogens with one attached hydrogen (secondary N) is 2. The van der Waals surface area contributed by atoms with Gasteiger partial charge in [0, 0.05) is 42.5 Å². The van der Waals surface area contributed by atoms with Crippen LogP contribution in [0, 0.1) is 0 Å². The van der Waals surface area contributed by atoms with Gasteiger partial charge in [0.15, 0.2) is 0 Å². The van der Waals surface area contributed by atoms with Crippen molar-refractivity contribution < 1.29 is 55.7 Å². The average molecular weight is 865 g/mol. The summed E-state index contributed by atoms with van der Waals surface area (Å²) in [5, 5.41) is 31.8.